The highest BCUT2D eigenvalue weighted by atomic mass is 32.1. The molecule has 1 unspecified atom stereocenters. The van der Waals surface area contributed by atoms with Crippen molar-refractivity contribution in [1.29, 1.82) is 0 Å². The molecule has 1 atom stereocenters. The Bertz CT molecular complexity index is 550. The third-order valence-electron chi connectivity index (χ3n) is 4.13. The van der Waals surface area contributed by atoms with E-state index in [4.69, 9.17) is 0 Å². The summed E-state index contributed by atoms with van der Waals surface area (Å²) in [6.07, 6.45) is 3.27. The van der Waals surface area contributed by atoms with Gasteiger partial charge in [0.05, 0.1) is 12.6 Å². The number of benzene rings is 1. The van der Waals surface area contributed by atoms with Crippen molar-refractivity contribution in [3.05, 3.63) is 52.2 Å². The molecule has 0 bridgehead atoms. The number of halogens is 1. The van der Waals surface area contributed by atoms with E-state index in [0.29, 0.717) is 0 Å². The quantitative estimate of drug-likeness (QED) is 0.942. The van der Waals surface area contributed by atoms with Gasteiger partial charge in [-0.3, -0.25) is 4.90 Å². The second kappa shape index (κ2) is 6.64. The first kappa shape index (κ1) is 14.6. The Kier molecular flexibility index (Phi) is 4.63. The van der Waals surface area contributed by atoms with Gasteiger partial charge in [0, 0.05) is 11.6 Å². The van der Waals surface area contributed by atoms with Gasteiger partial charge in [0.1, 0.15) is 10.8 Å². The molecule has 0 amide bonds. The van der Waals surface area contributed by atoms with Crippen molar-refractivity contribution in [2.75, 3.05) is 13.1 Å². The van der Waals surface area contributed by atoms with Crippen molar-refractivity contribution >= 4 is 11.3 Å². The molecule has 1 saturated heterocycles. The van der Waals surface area contributed by atoms with E-state index in [2.05, 4.69) is 9.88 Å². The molecule has 3 nitrogen and oxygen atoms in total. The number of aromatic nitrogens is 1. The van der Waals surface area contributed by atoms with Gasteiger partial charge >= 0.3 is 0 Å². The average Bonchev–Trinajstić information content (AvgIpc) is 3.01. The highest BCUT2D eigenvalue weighted by Crippen LogP contribution is 2.31. The topological polar surface area (TPSA) is 36.4 Å². The predicted octanol–water partition coefficient (Wildman–Crippen LogP) is 3.23. The van der Waals surface area contributed by atoms with Gasteiger partial charge < -0.3 is 5.11 Å². The summed E-state index contributed by atoms with van der Waals surface area (Å²) in [5.74, 6) is -0.00720. The fourth-order valence-electron chi connectivity index (χ4n) is 2.88. The van der Waals surface area contributed by atoms with Crippen LogP contribution in [0.4, 0.5) is 4.39 Å². The standard InChI is InChI=1S/C16H19FN2OS/c17-14-3-1-12(2-4-14)16(20)13-5-8-19(9-6-13)11-15-18-7-10-21-15/h1-4,7,10,13,16,20H,5-6,8-9,11H2. The minimum absolute atomic E-state index is 0.253. The number of hydrogen-bond acceptors (Lipinski definition) is 4. The molecule has 0 aliphatic carbocycles. The summed E-state index contributed by atoms with van der Waals surface area (Å²) in [5, 5.41) is 13.6. The number of aliphatic hydroxyl groups excluding tert-OH is 1. The third kappa shape index (κ3) is 3.67. The molecule has 1 aromatic heterocycles. The number of likely N-dealkylation sites (tertiary alicyclic amines) is 1. The maximum absolute atomic E-state index is 12.9. The number of hydrogen-bond donors (Lipinski definition) is 1. The van der Waals surface area contributed by atoms with Gasteiger partial charge in [-0.2, -0.15) is 0 Å². The van der Waals surface area contributed by atoms with Crippen LogP contribution in [0.15, 0.2) is 35.8 Å². The second-order valence-electron chi connectivity index (χ2n) is 5.54. The molecule has 0 saturated carbocycles. The van der Waals surface area contributed by atoms with E-state index in [1.807, 2.05) is 11.6 Å². The summed E-state index contributed by atoms with van der Waals surface area (Å²) >= 11 is 1.68. The molecular formula is C16H19FN2OS. The molecule has 1 aromatic carbocycles. The number of nitrogens with zero attached hydrogens (tertiary/aromatic N) is 2. The molecule has 3 rings (SSSR count). The van der Waals surface area contributed by atoms with Crippen LogP contribution in [0, 0.1) is 11.7 Å². The van der Waals surface area contributed by atoms with Gasteiger partial charge in [0.25, 0.3) is 0 Å². The van der Waals surface area contributed by atoms with E-state index in [0.717, 1.165) is 43.0 Å². The molecule has 5 heteroatoms. The van der Waals surface area contributed by atoms with Crippen LogP contribution in [0.1, 0.15) is 29.5 Å². The van der Waals surface area contributed by atoms with Crippen molar-refractivity contribution in [3.63, 3.8) is 0 Å². The van der Waals surface area contributed by atoms with Gasteiger partial charge in [-0.1, -0.05) is 12.1 Å². The summed E-state index contributed by atoms with van der Waals surface area (Å²) < 4.78 is 12.9. The van der Waals surface area contributed by atoms with Crippen molar-refractivity contribution in [3.8, 4) is 0 Å². The van der Waals surface area contributed by atoms with Crippen LogP contribution in [0.2, 0.25) is 0 Å². The van der Waals surface area contributed by atoms with Gasteiger partial charge in [-0.05, 0) is 49.5 Å². The second-order valence-corrected chi connectivity index (χ2v) is 6.51. The largest absolute Gasteiger partial charge is 0.388 e. The van der Waals surface area contributed by atoms with E-state index in [1.54, 1.807) is 23.5 Å². The SMILES string of the molecule is OC(c1ccc(F)cc1)C1CCN(Cc2nccs2)CC1. The molecule has 1 N–H and O–H groups in total. The minimum Gasteiger partial charge on any atom is -0.388 e. The first-order valence-electron chi connectivity index (χ1n) is 7.26. The Morgan fingerprint density at radius 1 is 1.29 bits per heavy atom. The van der Waals surface area contributed by atoms with E-state index < -0.39 is 6.10 Å². The molecule has 1 aliphatic rings. The lowest BCUT2D eigenvalue weighted by Crippen LogP contribution is -2.35. The molecule has 2 aromatic rings. The molecule has 2 heterocycles. The van der Waals surface area contributed by atoms with Crippen LogP contribution in [0.5, 0.6) is 0 Å². The van der Waals surface area contributed by atoms with E-state index in [-0.39, 0.29) is 11.7 Å². The van der Waals surface area contributed by atoms with Crippen LogP contribution in [0.3, 0.4) is 0 Å². The number of thiazole rings is 1. The van der Waals surface area contributed by atoms with Crippen LogP contribution >= 0.6 is 11.3 Å². The molecule has 1 aliphatic heterocycles. The minimum atomic E-state index is -0.493. The van der Waals surface area contributed by atoms with Crippen LogP contribution in [0.25, 0.3) is 0 Å². The predicted molar refractivity (Wildman–Crippen MR) is 81.5 cm³/mol. The van der Waals surface area contributed by atoms with Crippen LogP contribution in [-0.4, -0.2) is 28.1 Å². The molecule has 0 spiro atoms. The van der Waals surface area contributed by atoms with Crippen molar-refractivity contribution in [1.82, 2.24) is 9.88 Å². The van der Waals surface area contributed by atoms with E-state index in [1.165, 1.54) is 12.1 Å². The fraction of sp³-hybridized carbons (Fsp3) is 0.438. The first-order valence-corrected chi connectivity index (χ1v) is 8.14. The Labute approximate surface area is 128 Å². The zero-order valence-corrected chi connectivity index (χ0v) is 12.6. The van der Waals surface area contributed by atoms with Gasteiger partial charge in [-0.15, -0.1) is 11.3 Å². The maximum atomic E-state index is 12.9. The fourth-order valence-corrected chi connectivity index (χ4v) is 3.54. The Hall–Kier alpha value is -1.30. The monoisotopic (exact) mass is 306 g/mol. The molecule has 21 heavy (non-hydrogen) atoms. The highest BCUT2D eigenvalue weighted by molar-refractivity contribution is 7.09. The summed E-state index contributed by atoms with van der Waals surface area (Å²) in [6.45, 7) is 2.85. The highest BCUT2D eigenvalue weighted by Gasteiger charge is 2.26. The summed E-state index contributed by atoms with van der Waals surface area (Å²) in [5.41, 5.74) is 0.815. The zero-order chi connectivity index (χ0) is 14.7. The number of piperidine rings is 1. The summed E-state index contributed by atoms with van der Waals surface area (Å²) in [4.78, 5) is 6.69. The Morgan fingerprint density at radius 3 is 2.62 bits per heavy atom. The lowest BCUT2D eigenvalue weighted by Gasteiger charge is -2.33. The normalized spacial score (nSPS) is 18.8. The van der Waals surface area contributed by atoms with Crippen molar-refractivity contribution in [2.24, 2.45) is 5.92 Å². The third-order valence-corrected chi connectivity index (χ3v) is 4.90. The Balaban J connectivity index is 1.54. The van der Waals surface area contributed by atoms with Gasteiger partial charge in [0.2, 0.25) is 0 Å². The summed E-state index contributed by atoms with van der Waals surface area (Å²) in [6, 6.07) is 6.19. The van der Waals surface area contributed by atoms with E-state index in [9.17, 15) is 9.50 Å². The lowest BCUT2D eigenvalue weighted by atomic mass is 9.87. The number of rotatable bonds is 4. The molecule has 0 radical (unpaired) electrons. The summed E-state index contributed by atoms with van der Waals surface area (Å²) in [7, 11) is 0. The zero-order valence-electron chi connectivity index (χ0n) is 11.8. The maximum Gasteiger partial charge on any atom is 0.123 e. The van der Waals surface area contributed by atoms with Crippen LogP contribution in [-0.2, 0) is 6.54 Å². The average molecular weight is 306 g/mol. The van der Waals surface area contributed by atoms with Crippen LogP contribution < -0.4 is 0 Å². The first-order chi connectivity index (χ1) is 10.2. The smallest absolute Gasteiger partial charge is 0.123 e. The lowest BCUT2D eigenvalue weighted by molar-refractivity contribution is 0.0567. The van der Waals surface area contributed by atoms with E-state index >= 15 is 0 Å². The van der Waals surface area contributed by atoms with Crippen molar-refractivity contribution in [2.45, 2.75) is 25.5 Å². The number of aliphatic hydroxyl groups is 1. The molecular weight excluding hydrogens is 287 g/mol. The molecule has 112 valence electrons. The molecule has 1 fully saturated rings. The Morgan fingerprint density at radius 2 is 2.00 bits per heavy atom. The van der Waals surface area contributed by atoms with Crippen molar-refractivity contribution < 1.29 is 9.50 Å². The van der Waals surface area contributed by atoms with Gasteiger partial charge in [0.15, 0.2) is 0 Å². The van der Waals surface area contributed by atoms with Gasteiger partial charge in [-0.25, -0.2) is 9.37 Å².